The Hall–Kier alpha value is -2.21. The van der Waals surface area contributed by atoms with Crippen molar-refractivity contribution in [3.05, 3.63) is 24.2 Å². The maximum Gasteiger partial charge on any atom is 0.222 e. The first-order valence-corrected chi connectivity index (χ1v) is 6.09. The molecule has 2 aromatic heterocycles. The van der Waals surface area contributed by atoms with Crippen molar-refractivity contribution >= 4 is 11.3 Å². The van der Waals surface area contributed by atoms with E-state index >= 15 is 0 Å². The van der Waals surface area contributed by atoms with Crippen molar-refractivity contribution in [3.63, 3.8) is 0 Å². The van der Waals surface area contributed by atoms with Gasteiger partial charge in [-0.3, -0.25) is 0 Å². The topological polar surface area (TPSA) is 130 Å². The highest BCUT2D eigenvalue weighted by atomic mass is 16.5. The first kappa shape index (κ1) is 12.8. The molecule has 1 aliphatic heterocycles. The van der Waals surface area contributed by atoms with E-state index in [1.165, 1.54) is 10.8 Å². The van der Waals surface area contributed by atoms with Crippen molar-refractivity contribution in [2.75, 3.05) is 12.3 Å². The molecule has 0 spiro atoms. The zero-order valence-electron chi connectivity index (χ0n) is 10.5. The van der Waals surface area contributed by atoms with Gasteiger partial charge in [-0.25, -0.2) is 9.50 Å². The smallest absolute Gasteiger partial charge is 0.222 e. The number of aromatic nitrogens is 3. The van der Waals surface area contributed by atoms with Crippen molar-refractivity contribution < 1.29 is 14.9 Å². The van der Waals surface area contributed by atoms with Gasteiger partial charge in [0.05, 0.1) is 18.4 Å². The molecule has 1 aliphatic rings. The van der Waals surface area contributed by atoms with Gasteiger partial charge in [0.15, 0.2) is 5.82 Å². The fourth-order valence-electron chi connectivity index (χ4n) is 2.54. The Morgan fingerprint density at radius 2 is 2.40 bits per heavy atom. The lowest BCUT2D eigenvalue weighted by Gasteiger charge is -2.24. The molecule has 3 rings (SSSR count). The molecule has 1 saturated heterocycles. The van der Waals surface area contributed by atoms with Crippen LogP contribution in [0.4, 0.5) is 5.82 Å². The summed E-state index contributed by atoms with van der Waals surface area (Å²) in [5.41, 5.74) is 5.07. The molecule has 104 valence electrons. The van der Waals surface area contributed by atoms with E-state index in [-0.39, 0.29) is 18.8 Å². The standard InChI is InChI=1S/C12H13N5O3/c13-5-12(10(19)3-7(4-18)20-12)9-2-1-8-11(14)15-6-16-17(8)9/h1-2,6-7,10,18-19H,3-4H2,(H2,14,15,16)/t7-,10+,12-/m0/s1. The molecule has 0 unspecified atom stereocenters. The fraction of sp³-hybridized carbons (Fsp3) is 0.417. The molecule has 0 saturated carbocycles. The third-order valence-electron chi connectivity index (χ3n) is 3.54. The molecule has 3 atom stereocenters. The third kappa shape index (κ3) is 1.58. The molecule has 2 aromatic rings. The summed E-state index contributed by atoms with van der Waals surface area (Å²) < 4.78 is 6.99. The van der Waals surface area contributed by atoms with Crippen molar-refractivity contribution in [1.29, 1.82) is 5.26 Å². The van der Waals surface area contributed by atoms with Crippen LogP contribution in [0.3, 0.4) is 0 Å². The fourth-order valence-corrected chi connectivity index (χ4v) is 2.54. The Morgan fingerprint density at radius 1 is 1.60 bits per heavy atom. The van der Waals surface area contributed by atoms with Crippen molar-refractivity contribution in [1.82, 2.24) is 14.6 Å². The first-order valence-electron chi connectivity index (χ1n) is 6.09. The zero-order chi connectivity index (χ0) is 14.3. The number of hydrogen-bond donors (Lipinski definition) is 3. The Bertz CT molecular complexity index is 694. The summed E-state index contributed by atoms with van der Waals surface area (Å²) in [5.74, 6) is 0.269. The number of nitrogens with two attached hydrogens (primary N) is 1. The molecule has 8 nitrogen and oxygen atoms in total. The van der Waals surface area contributed by atoms with Gasteiger partial charge in [0.1, 0.15) is 24.0 Å². The summed E-state index contributed by atoms with van der Waals surface area (Å²) in [7, 11) is 0. The van der Waals surface area contributed by atoms with Gasteiger partial charge in [-0.15, -0.1) is 0 Å². The number of aliphatic hydroxyl groups is 2. The average molecular weight is 275 g/mol. The van der Waals surface area contributed by atoms with Crippen molar-refractivity contribution in [3.8, 4) is 6.07 Å². The molecule has 3 heterocycles. The predicted octanol–water partition coefficient (Wildman–Crippen LogP) is -0.828. The van der Waals surface area contributed by atoms with E-state index in [0.717, 1.165) is 0 Å². The Balaban J connectivity index is 2.18. The van der Waals surface area contributed by atoms with E-state index in [2.05, 4.69) is 10.1 Å². The van der Waals surface area contributed by atoms with Gasteiger partial charge in [0.25, 0.3) is 0 Å². The minimum Gasteiger partial charge on any atom is -0.394 e. The average Bonchev–Trinajstić information content (AvgIpc) is 3.01. The monoisotopic (exact) mass is 275 g/mol. The number of nitriles is 1. The zero-order valence-corrected chi connectivity index (χ0v) is 10.5. The van der Waals surface area contributed by atoms with Crippen molar-refractivity contribution in [2.24, 2.45) is 0 Å². The molecule has 0 aromatic carbocycles. The van der Waals surface area contributed by atoms with Crippen molar-refractivity contribution in [2.45, 2.75) is 24.2 Å². The molecule has 0 radical (unpaired) electrons. The molecule has 20 heavy (non-hydrogen) atoms. The van der Waals surface area contributed by atoms with Gasteiger partial charge in [-0.05, 0) is 12.1 Å². The number of hydrogen-bond acceptors (Lipinski definition) is 7. The minimum atomic E-state index is -1.57. The number of rotatable bonds is 2. The number of nitrogens with zero attached hydrogens (tertiary/aromatic N) is 4. The van der Waals surface area contributed by atoms with Crippen LogP contribution in [0.15, 0.2) is 18.5 Å². The number of ether oxygens (including phenoxy) is 1. The predicted molar refractivity (Wildman–Crippen MR) is 67.3 cm³/mol. The summed E-state index contributed by atoms with van der Waals surface area (Å²) in [6.07, 6.45) is -0.201. The van der Waals surface area contributed by atoms with Crippen LogP contribution in [-0.4, -0.2) is 43.6 Å². The highest BCUT2D eigenvalue weighted by Gasteiger charge is 2.51. The normalized spacial score (nSPS) is 29.6. The Kier molecular flexibility index (Phi) is 2.83. The lowest BCUT2D eigenvalue weighted by atomic mass is 9.94. The van der Waals surface area contributed by atoms with Crippen LogP contribution in [-0.2, 0) is 10.3 Å². The Morgan fingerprint density at radius 3 is 3.05 bits per heavy atom. The second-order valence-electron chi connectivity index (χ2n) is 4.68. The van der Waals surface area contributed by atoms with Crippen LogP contribution in [0.25, 0.3) is 5.52 Å². The van der Waals surface area contributed by atoms with Gasteiger partial charge in [-0.2, -0.15) is 10.4 Å². The summed E-state index contributed by atoms with van der Waals surface area (Å²) in [4.78, 5) is 3.87. The van der Waals surface area contributed by atoms with Gasteiger partial charge in [0.2, 0.25) is 5.60 Å². The van der Waals surface area contributed by atoms with E-state index in [9.17, 15) is 10.4 Å². The van der Waals surface area contributed by atoms with Crippen LogP contribution < -0.4 is 5.73 Å². The summed E-state index contributed by atoms with van der Waals surface area (Å²) in [5, 5.41) is 32.9. The van der Waals surface area contributed by atoms with E-state index in [4.69, 9.17) is 15.6 Å². The molecule has 4 N–H and O–H groups in total. The number of anilines is 1. The third-order valence-corrected chi connectivity index (χ3v) is 3.54. The van der Waals surface area contributed by atoms with Crippen LogP contribution in [0.2, 0.25) is 0 Å². The van der Waals surface area contributed by atoms with E-state index in [0.29, 0.717) is 11.2 Å². The maximum absolute atomic E-state index is 10.2. The Labute approximate surface area is 114 Å². The van der Waals surface area contributed by atoms with E-state index < -0.39 is 17.8 Å². The quantitative estimate of drug-likeness (QED) is 0.652. The molecular weight excluding hydrogens is 262 g/mol. The summed E-state index contributed by atoms with van der Waals surface area (Å²) >= 11 is 0. The van der Waals surface area contributed by atoms with Gasteiger partial charge >= 0.3 is 0 Å². The first-order chi connectivity index (χ1) is 9.62. The molecule has 8 heteroatoms. The lowest BCUT2D eigenvalue weighted by molar-refractivity contribution is -0.0630. The largest absolute Gasteiger partial charge is 0.394 e. The number of fused-ring (bicyclic) bond motifs is 1. The second-order valence-corrected chi connectivity index (χ2v) is 4.68. The molecule has 1 fully saturated rings. The molecule has 0 aliphatic carbocycles. The molecular formula is C12H13N5O3. The summed E-state index contributed by atoms with van der Waals surface area (Å²) in [6.45, 7) is -0.263. The van der Waals surface area contributed by atoms with E-state index in [1.54, 1.807) is 12.1 Å². The SMILES string of the molecule is N#C[C@@]1(c2ccc3c(N)ncnn23)O[C@H](CO)C[C@H]1O. The van der Waals surface area contributed by atoms with Gasteiger partial charge in [0, 0.05) is 6.42 Å². The highest BCUT2D eigenvalue weighted by Crippen LogP contribution is 2.39. The summed E-state index contributed by atoms with van der Waals surface area (Å²) in [6, 6.07) is 5.28. The molecule has 0 bridgehead atoms. The maximum atomic E-state index is 10.2. The number of nitrogen functional groups attached to an aromatic ring is 1. The van der Waals surface area contributed by atoms with Crippen LogP contribution in [0.5, 0.6) is 0 Å². The van der Waals surface area contributed by atoms with Gasteiger partial charge < -0.3 is 20.7 Å². The van der Waals surface area contributed by atoms with Crippen LogP contribution >= 0.6 is 0 Å². The van der Waals surface area contributed by atoms with Crippen LogP contribution in [0, 0.1) is 11.3 Å². The minimum absolute atomic E-state index is 0.178. The second kappa shape index (κ2) is 4.42. The van der Waals surface area contributed by atoms with Crippen LogP contribution in [0.1, 0.15) is 12.1 Å². The molecule has 0 amide bonds. The number of aliphatic hydroxyl groups excluding tert-OH is 2. The van der Waals surface area contributed by atoms with E-state index in [1.807, 2.05) is 6.07 Å². The highest BCUT2D eigenvalue weighted by molar-refractivity contribution is 5.66. The van der Waals surface area contributed by atoms with Gasteiger partial charge in [-0.1, -0.05) is 0 Å². The lowest BCUT2D eigenvalue weighted by Crippen LogP contribution is -2.36.